The summed E-state index contributed by atoms with van der Waals surface area (Å²) >= 11 is 0. The average molecular weight is 291 g/mol. The van der Waals surface area contributed by atoms with Crippen LogP contribution < -0.4 is 10.0 Å². The number of rotatable bonds is 5. The van der Waals surface area contributed by atoms with Crippen LogP contribution in [0.25, 0.3) is 0 Å². The van der Waals surface area contributed by atoms with Gasteiger partial charge in [0.1, 0.15) is 0 Å². The van der Waals surface area contributed by atoms with Gasteiger partial charge in [-0.2, -0.15) is 17.4 Å². The number of nitrogens with one attached hydrogen (secondary N) is 2. The van der Waals surface area contributed by atoms with E-state index in [4.69, 9.17) is 0 Å². The van der Waals surface area contributed by atoms with E-state index in [0.29, 0.717) is 25.0 Å². The molecule has 0 radical (unpaired) electrons. The van der Waals surface area contributed by atoms with Crippen molar-refractivity contribution in [3.63, 3.8) is 0 Å². The smallest absolute Gasteiger partial charge is 0.279 e. The molecule has 1 atom stereocenters. The van der Waals surface area contributed by atoms with Gasteiger partial charge in [-0.3, -0.25) is 0 Å². The summed E-state index contributed by atoms with van der Waals surface area (Å²) in [5.74, 6) is 0.570. The Labute approximate surface area is 118 Å². The lowest BCUT2D eigenvalue weighted by atomic mass is 9.91. The van der Waals surface area contributed by atoms with Gasteiger partial charge in [-0.15, -0.1) is 0 Å². The van der Waals surface area contributed by atoms with Crippen LogP contribution in [0.3, 0.4) is 0 Å². The highest BCUT2D eigenvalue weighted by Crippen LogP contribution is 2.22. The zero-order chi connectivity index (χ0) is 14.7. The standard InChI is InChI=1S/C13H29N3O2S/c1-6-14-11(2)12-7-9-16(10-8-12)19(17,18)15-13(3,4)5/h11-12,14-15H,6-10H2,1-5H3. The Morgan fingerprint density at radius 3 is 2.21 bits per heavy atom. The lowest BCUT2D eigenvalue weighted by molar-refractivity contribution is 0.229. The third-order valence-electron chi connectivity index (χ3n) is 3.51. The minimum Gasteiger partial charge on any atom is -0.314 e. The van der Waals surface area contributed by atoms with E-state index in [9.17, 15) is 8.42 Å². The van der Waals surface area contributed by atoms with E-state index in [2.05, 4.69) is 23.9 Å². The van der Waals surface area contributed by atoms with Gasteiger partial charge in [0.2, 0.25) is 0 Å². The molecule has 1 rings (SSSR count). The molecule has 19 heavy (non-hydrogen) atoms. The molecule has 1 aliphatic heterocycles. The van der Waals surface area contributed by atoms with Gasteiger partial charge in [-0.1, -0.05) is 6.92 Å². The highest BCUT2D eigenvalue weighted by atomic mass is 32.2. The van der Waals surface area contributed by atoms with Crippen LogP contribution in [0, 0.1) is 5.92 Å². The minimum atomic E-state index is -3.34. The van der Waals surface area contributed by atoms with Crippen molar-refractivity contribution in [3.8, 4) is 0 Å². The maximum Gasteiger partial charge on any atom is 0.279 e. The first-order valence-corrected chi connectivity index (χ1v) is 8.62. The van der Waals surface area contributed by atoms with Gasteiger partial charge in [0, 0.05) is 24.7 Å². The van der Waals surface area contributed by atoms with Gasteiger partial charge in [-0.05, 0) is 53.0 Å². The number of hydrogen-bond acceptors (Lipinski definition) is 3. The van der Waals surface area contributed by atoms with Crippen LogP contribution in [0.15, 0.2) is 0 Å². The highest BCUT2D eigenvalue weighted by Gasteiger charge is 2.32. The third kappa shape index (κ3) is 5.38. The molecule has 1 heterocycles. The van der Waals surface area contributed by atoms with E-state index in [1.54, 1.807) is 4.31 Å². The van der Waals surface area contributed by atoms with Crippen LogP contribution in [0.1, 0.15) is 47.5 Å². The number of nitrogens with zero attached hydrogens (tertiary/aromatic N) is 1. The van der Waals surface area contributed by atoms with Gasteiger partial charge < -0.3 is 5.32 Å². The molecule has 1 unspecified atom stereocenters. The molecule has 0 spiro atoms. The van der Waals surface area contributed by atoms with E-state index >= 15 is 0 Å². The summed E-state index contributed by atoms with van der Waals surface area (Å²) in [6, 6.07) is 0.463. The Hall–Kier alpha value is -0.170. The van der Waals surface area contributed by atoms with Gasteiger partial charge in [-0.25, -0.2) is 0 Å². The summed E-state index contributed by atoms with van der Waals surface area (Å²) in [7, 11) is -3.34. The third-order valence-corrected chi connectivity index (χ3v) is 5.42. The fraction of sp³-hybridized carbons (Fsp3) is 1.00. The molecule has 1 fully saturated rings. The van der Waals surface area contributed by atoms with E-state index in [1.807, 2.05) is 20.8 Å². The van der Waals surface area contributed by atoms with Gasteiger partial charge in [0.15, 0.2) is 0 Å². The Kier molecular flexibility index (Phi) is 5.79. The molecule has 1 saturated heterocycles. The van der Waals surface area contributed by atoms with Crippen molar-refractivity contribution in [2.75, 3.05) is 19.6 Å². The van der Waals surface area contributed by atoms with Crippen molar-refractivity contribution >= 4 is 10.2 Å². The van der Waals surface area contributed by atoms with Crippen molar-refractivity contribution in [3.05, 3.63) is 0 Å². The molecular formula is C13H29N3O2S. The SMILES string of the molecule is CCNC(C)C1CCN(S(=O)(=O)NC(C)(C)C)CC1. The number of piperidine rings is 1. The van der Waals surface area contributed by atoms with Crippen LogP contribution >= 0.6 is 0 Å². The Balaban J connectivity index is 2.54. The van der Waals surface area contributed by atoms with Crippen LogP contribution in [0.5, 0.6) is 0 Å². The molecular weight excluding hydrogens is 262 g/mol. The van der Waals surface area contributed by atoms with E-state index in [0.717, 1.165) is 19.4 Å². The summed E-state index contributed by atoms with van der Waals surface area (Å²) in [5, 5.41) is 3.42. The second kappa shape index (κ2) is 6.52. The minimum absolute atomic E-state index is 0.424. The fourth-order valence-electron chi connectivity index (χ4n) is 2.56. The quantitative estimate of drug-likeness (QED) is 0.803. The molecule has 0 bridgehead atoms. The van der Waals surface area contributed by atoms with Crippen LogP contribution in [0.4, 0.5) is 0 Å². The van der Waals surface area contributed by atoms with Crippen LogP contribution in [0.2, 0.25) is 0 Å². The average Bonchev–Trinajstić information content (AvgIpc) is 2.26. The molecule has 0 aromatic carbocycles. The van der Waals surface area contributed by atoms with Crippen molar-refractivity contribution in [2.45, 2.75) is 59.0 Å². The lowest BCUT2D eigenvalue weighted by Crippen LogP contribution is -2.52. The van der Waals surface area contributed by atoms with Crippen molar-refractivity contribution in [1.29, 1.82) is 0 Å². The largest absolute Gasteiger partial charge is 0.314 e. The molecule has 0 aliphatic carbocycles. The van der Waals surface area contributed by atoms with Gasteiger partial charge in [0.05, 0.1) is 0 Å². The normalized spacial score (nSPS) is 21.5. The van der Waals surface area contributed by atoms with Crippen molar-refractivity contribution < 1.29 is 8.42 Å². The van der Waals surface area contributed by atoms with Gasteiger partial charge in [0.25, 0.3) is 10.2 Å². The summed E-state index contributed by atoms with van der Waals surface area (Å²) in [6.45, 7) is 12.1. The molecule has 1 aliphatic rings. The maximum absolute atomic E-state index is 12.2. The summed E-state index contributed by atoms with van der Waals surface area (Å²) in [4.78, 5) is 0. The molecule has 5 nitrogen and oxygen atoms in total. The van der Waals surface area contributed by atoms with E-state index in [1.165, 1.54) is 0 Å². The second-order valence-electron chi connectivity index (χ2n) is 6.44. The van der Waals surface area contributed by atoms with Crippen molar-refractivity contribution in [2.24, 2.45) is 5.92 Å². The molecule has 0 amide bonds. The Morgan fingerprint density at radius 1 is 1.26 bits per heavy atom. The molecule has 6 heteroatoms. The Bertz CT molecular complexity index is 368. The first-order chi connectivity index (χ1) is 8.65. The topological polar surface area (TPSA) is 61.4 Å². The number of hydrogen-bond donors (Lipinski definition) is 2. The van der Waals surface area contributed by atoms with E-state index < -0.39 is 15.7 Å². The predicted molar refractivity (Wildman–Crippen MR) is 79.2 cm³/mol. The predicted octanol–water partition coefficient (Wildman–Crippen LogP) is 1.33. The molecule has 114 valence electrons. The van der Waals surface area contributed by atoms with E-state index in [-0.39, 0.29) is 0 Å². The summed E-state index contributed by atoms with van der Waals surface area (Å²) < 4.78 is 28.7. The zero-order valence-corrected chi connectivity index (χ0v) is 13.7. The maximum atomic E-state index is 12.2. The van der Waals surface area contributed by atoms with Crippen molar-refractivity contribution in [1.82, 2.24) is 14.3 Å². The lowest BCUT2D eigenvalue weighted by Gasteiger charge is -2.35. The van der Waals surface area contributed by atoms with Crippen LogP contribution in [-0.4, -0.2) is 43.9 Å². The Morgan fingerprint density at radius 2 is 1.79 bits per heavy atom. The second-order valence-corrected chi connectivity index (χ2v) is 8.11. The first kappa shape index (κ1) is 16.9. The molecule has 0 aromatic heterocycles. The molecule has 0 aromatic rings. The van der Waals surface area contributed by atoms with Gasteiger partial charge >= 0.3 is 0 Å². The zero-order valence-electron chi connectivity index (χ0n) is 12.9. The fourth-order valence-corrected chi connectivity index (χ4v) is 4.15. The molecule has 0 saturated carbocycles. The highest BCUT2D eigenvalue weighted by molar-refractivity contribution is 7.87. The molecule has 2 N–H and O–H groups in total. The summed E-state index contributed by atoms with van der Waals surface area (Å²) in [6.07, 6.45) is 1.86. The van der Waals surface area contributed by atoms with Crippen LogP contribution in [-0.2, 0) is 10.2 Å². The summed E-state index contributed by atoms with van der Waals surface area (Å²) in [5.41, 5.74) is -0.424. The monoisotopic (exact) mass is 291 g/mol. The first-order valence-electron chi connectivity index (χ1n) is 7.18.